The molecule has 0 amide bonds. The summed E-state index contributed by atoms with van der Waals surface area (Å²) in [6, 6.07) is 0. The molecule has 0 aromatic carbocycles. The Morgan fingerprint density at radius 3 is 1.17 bits per heavy atom. The van der Waals surface area contributed by atoms with Crippen LogP contribution in [0, 0.1) is 10.8 Å². The minimum atomic E-state index is 0.0660. The molecule has 70 valence electrons. The molecule has 1 nitrogen and oxygen atoms in total. The number of Topliss-reactive ketones (excluding diaryl/α,β-unsaturated/α-hetero) is 1. The van der Waals surface area contributed by atoms with Gasteiger partial charge in [0, 0.05) is 10.8 Å². The average Bonchev–Trinajstić information content (AvgIpc) is 2.66. The van der Waals surface area contributed by atoms with E-state index in [9.17, 15) is 4.79 Å². The lowest BCUT2D eigenvalue weighted by molar-refractivity contribution is -0.114. The smallest absolute Gasteiger partial charge is 0.147 e. The standard InChI is InChI=1S/C11H20O/c1-5-10(6-2)9(12)11(10,7-3)8-4/h5-8H2,1-4H3. The van der Waals surface area contributed by atoms with E-state index < -0.39 is 0 Å². The van der Waals surface area contributed by atoms with Crippen LogP contribution in [0.2, 0.25) is 0 Å². The maximum atomic E-state index is 11.8. The zero-order valence-electron chi connectivity index (χ0n) is 8.74. The second-order valence-electron chi connectivity index (χ2n) is 3.91. The zero-order valence-corrected chi connectivity index (χ0v) is 8.74. The van der Waals surface area contributed by atoms with Gasteiger partial charge in [0.25, 0.3) is 0 Å². The summed E-state index contributed by atoms with van der Waals surface area (Å²) in [6.45, 7) is 8.59. The van der Waals surface area contributed by atoms with E-state index in [0.29, 0.717) is 5.78 Å². The van der Waals surface area contributed by atoms with Crippen molar-refractivity contribution >= 4 is 5.78 Å². The highest BCUT2D eigenvalue weighted by Gasteiger charge is 2.72. The Kier molecular flexibility index (Phi) is 2.33. The molecule has 1 rings (SSSR count). The first-order valence-electron chi connectivity index (χ1n) is 5.20. The fourth-order valence-corrected chi connectivity index (χ4v) is 3.09. The first-order chi connectivity index (χ1) is 5.65. The summed E-state index contributed by atoms with van der Waals surface area (Å²) in [5.74, 6) is 0.532. The second-order valence-corrected chi connectivity index (χ2v) is 3.91. The summed E-state index contributed by atoms with van der Waals surface area (Å²) in [4.78, 5) is 11.8. The van der Waals surface area contributed by atoms with Crippen LogP contribution in [-0.4, -0.2) is 5.78 Å². The summed E-state index contributed by atoms with van der Waals surface area (Å²) in [6.07, 6.45) is 4.13. The number of hydrogen-bond donors (Lipinski definition) is 0. The molecule has 0 saturated heterocycles. The van der Waals surface area contributed by atoms with E-state index in [1.807, 2.05) is 0 Å². The van der Waals surface area contributed by atoms with Gasteiger partial charge in [-0.15, -0.1) is 0 Å². The topological polar surface area (TPSA) is 17.1 Å². The van der Waals surface area contributed by atoms with E-state index in [2.05, 4.69) is 27.7 Å². The summed E-state index contributed by atoms with van der Waals surface area (Å²) >= 11 is 0. The highest BCUT2D eigenvalue weighted by molar-refractivity contribution is 6.08. The van der Waals surface area contributed by atoms with E-state index >= 15 is 0 Å². The molecular formula is C11H20O. The summed E-state index contributed by atoms with van der Waals surface area (Å²) < 4.78 is 0. The lowest BCUT2D eigenvalue weighted by Gasteiger charge is -2.17. The molecule has 1 saturated carbocycles. The highest BCUT2D eigenvalue weighted by Crippen LogP contribution is 2.67. The number of carbonyl (C=O) groups excluding carboxylic acids is 1. The highest BCUT2D eigenvalue weighted by atomic mass is 16.1. The van der Waals surface area contributed by atoms with Crippen LogP contribution in [0.3, 0.4) is 0 Å². The van der Waals surface area contributed by atoms with Gasteiger partial charge in [0.2, 0.25) is 0 Å². The lowest BCUT2D eigenvalue weighted by atomic mass is 9.84. The molecule has 0 aromatic heterocycles. The number of rotatable bonds is 4. The molecule has 0 N–H and O–H groups in total. The maximum absolute atomic E-state index is 11.8. The number of hydrogen-bond acceptors (Lipinski definition) is 1. The SMILES string of the molecule is CCC1(CC)C(=O)C1(CC)CC. The molecule has 1 fully saturated rings. The monoisotopic (exact) mass is 168 g/mol. The van der Waals surface area contributed by atoms with Gasteiger partial charge in [0.05, 0.1) is 0 Å². The minimum absolute atomic E-state index is 0.0660. The first-order valence-corrected chi connectivity index (χ1v) is 5.20. The third-order valence-corrected chi connectivity index (χ3v) is 4.14. The summed E-state index contributed by atoms with van der Waals surface area (Å²) in [5.41, 5.74) is 0.132. The molecule has 0 aliphatic heterocycles. The van der Waals surface area contributed by atoms with Crippen LogP contribution in [0.1, 0.15) is 53.4 Å². The molecule has 12 heavy (non-hydrogen) atoms. The van der Waals surface area contributed by atoms with Crippen molar-refractivity contribution in [1.82, 2.24) is 0 Å². The first kappa shape index (κ1) is 9.76. The van der Waals surface area contributed by atoms with Crippen molar-refractivity contribution in [1.29, 1.82) is 0 Å². The van der Waals surface area contributed by atoms with Crippen molar-refractivity contribution in [3.63, 3.8) is 0 Å². The quantitative estimate of drug-likeness (QED) is 0.630. The molecule has 1 aliphatic rings. The number of carbonyl (C=O) groups is 1. The largest absolute Gasteiger partial charge is 0.298 e. The molecule has 0 spiro atoms. The van der Waals surface area contributed by atoms with Crippen molar-refractivity contribution in [3.05, 3.63) is 0 Å². The molecule has 0 radical (unpaired) electrons. The van der Waals surface area contributed by atoms with Gasteiger partial charge >= 0.3 is 0 Å². The number of ketones is 1. The van der Waals surface area contributed by atoms with Crippen LogP contribution >= 0.6 is 0 Å². The van der Waals surface area contributed by atoms with Gasteiger partial charge in [-0.1, -0.05) is 27.7 Å². The Bertz CT molecular complexity index is 165. The fourth-order valence-electron chi connectivity index (χ4n) is 3.09. The van der Waals surface area contributed by atoms with E-state index in [1.54, 1.807) is 0 Å². The molecule has 0 bridgehead atoms. The fraction of sp³-hybridized carbons (Fsp3) is 0.909. The van der Waals surface area contributed by atoms with E-state index in [1.165, 1.54) is 0 Å². The Labute approximate surface area is 75.5 Å². The molecule has 1 heteroatoms. The molecular weight excluding hydrogens is 148 g/mol. The summed E-state index contributed by atoms with van der Waals surface area (Å²) in [5, 5.41) is 0. The molecule has 1 aliphatic carbocycles. The lowest BCUT2D eigenvalue weighted by Crippen LogP contribution is -2.11. The molecule has 0 unspecified atom stereocenters. The van der Waals surface area contributed by atoms with Crippen LogP contribution < -0.4 is 0 Å². The second kappa shape index (κ2) is 2.86. The molecule has 0 aromatic rings. The minimum Gasteiger partial charge on any atom is -0.298 e. The maximum Gasteiger partial charge on any atom is 0.147 e. The molecule has 0 heterocycles. The van der Waals surface area contributed by atoms with Gasteiger partial charge < -0.3 is 0 Å². The summed E-state index contributed by atoms with van der Waals surface area (Å²) in [7, 11) is 0. The van der Waals surface area contributed by atoms with Crippen LogP contribution in [0.4, 0.5) is 0 Å². The van der Waals surface area contributed by atoms with Crippen molar-refractivity contribution in [2.24, 2.45) is 10.8 Å². The van der Waals surface area contributed by atoms with Crippen LogP contribution in [0.25, 0.3) is 0 Å². The van der Waals surface area contributed by atoms with Gasteiger partial charge in [-0.05, 0) is 25.7 Å². The zero-order chi connectivity index (χ0) is 9.41. The van der Waals surface area contributed by atoms with Crippen LogP contribution in [0.15, 0.2) is 0 Å². The van der Waals surface area contributed by atoms with Crippen molar-refractivity contribution < 1.29 is 4.79 Å². The van der Waals surface area contributed by atoms with Crippen molar-refractivity contribution in [2.75, 3.05) is 0 Å². The van der Waals surface area contributed by atoms with Gasteiger partial charge in [0.15, 0.2) is 0 Å². The Balaban J connectivity index is 2.91. The Morgan fingerprint density at radius 2 is 1.08 bits per heavy atom. The predicted octanol–water partition coefficient (Wildman–Crippen LogP) is 3.18. The van der Waals surface area contributed by atoms with Crippen molar-refractivity contribution in [2.45, 2.75) is 53.4 Å². The third kappa shape index (κ3) is 0.773. The van der Waals surface area contributed by atoms with Gasteiger partial charge in [-0.3, -0.25) is 4.79 Å². The van der Waals surface area contributed by atoms with Gasteiger partial charge in [-0.25, -0.2) is 0 Å². The third-order valence-electron chi connectivity index (χ3n) is 4.14. The average molecular weight is 168 g/mol. The van der Waals surface area contributed by atoms with Crippen molar-refractivity contribution in [3.8, 4) is 0 Å². The van der Waals surface area contributed by atoms with Gasteiger partial charge in [-0.2, -0.15) is 0 Å². The van der Waals surface area contributed by atoms with E-state index in [-0.39, 0.29) is 10.8 Å². The van der Waals surface area contributed by atoms with E-state index in [0.717, 1.165) is 25.7 Å². The Morgan fingerprint density at radius 1 is 0.833 bits per heavy atom. The Hall–Kier alpha value is -0.330. The van der Waals surface area contributed by atoms with Crippen LogP contribution in [0.5, 0.6) is 0 Å². The normalized spacial score (nSPS) is 24.2. The predicted molar refractivity (Wildman–Crippen MR) is 51.0 cm³/mol. The van der Waals surface area contributed by atoms with Crippen LogP contribution in [-0.2, 0) is 4.79 Å². The molecule has 0 atom stereocenters. The van der Waals surface area contributed by atoms with Gasteiger partial charge in [0.1, 0.15) is 5.78 Å². The van der Waals surface area contributed by atoms with E-state index in [4.69, 9.17) is 0 Å².